The van der Waals surface area contributed by atoms with Crippen LogP contribution in [0.1, 0.15) is 31.9 Å². The van der Waals surface area contributed by atoms with Gasteiger partial charge < -0.3 is 15.6 Å². The van der Waals surface area contributed by atoms with Crippen molar-refractivity contribution in [2.75, 3.05) is 11.5 Å². The van der Waals surface area contributed by atoms with Crippen LogP contribution in [-0.2, 0) is 34.7 Å². The number of carbonyl (C=O) groups is 4. The highest BCUT2D eigenvalue weighted by molar-refractivity contribution is 7.85. The summed E-state index contributed by atoms with van der Waals surface area (Å²) in [4.78, 5) is 54.6. The monoisotopic (exact) mass is 453 g/mol. The van der Waals surface area contributed by atoms with E-state index in [2.05, 4.69) is 4.98 Å². The molecule has 4 heterocycles. The van der Waals surface area contributed by atoms with Crippen molar-refractivity contribution in [3.8, 4) is 0 Å². The Kier molecular flexibility index (Phi) is 5.01. The van der Waals surface area contributed by atoms with Crippen LogP contribution < -0.4 is 5.73 Å². The van der Waals surface area contributed by atoms with Gasteiger partial charge in [-0.25, -0.2) is 9.78 Å². The standard InChI is InChI=1S/C18H19N3O7S2/c1-2-3-9(11-6-29-17(19)20-11)12(22)5-10-14(24)21-15(10)30(27)7-8-4-13(23)28-18(8,21)16(25)26/h3,6,8,10,15H,2,4-5,7H2,1H3,(H2,19,20)(H,25,26)/t8-,10+,15+,18+,30-/m0/s1. The minimum Gasteiger partial charge on any atom is -0.477 e. The third-order valence-electron chi connectivity index (χ3n) is 5.60. The lowest BCUT2D eigenvalue weighted by molar-refractivity contribution is -0.220. The summed E-state index contributed by atoms with van der Waals surface area (Å²) in [6.07, 6.45) is 1.78. The number of esters is 1. The molecule has 0 aromatic carbocycles. The number of β-lactam (4-membered cyclic amide) rings is 1. The summed E-state index contributed by atoms with van der Waals surface area (Å²) in [6.45, 7) is 1.85. The van der Waals surface area contributed by atoms with Crippen molar-refractivity contribution in [3.05, 3.63) is 17.2 Å². The summed E-state index contributed by atoms with van der Waals surface area (Å²) in [6, 6.07) is 0. The number of allylic oxidation sites excluding steroid dienone is 2. The first-order valence-corrected chi connectivity index (χ1v) is 11.6. The number of ether oxygens (including phenoxy) is 1. The van der Waals surface area contributed by atoms with Crippen molar-refractivity contribution in [3.63, 3.8) is 0 Å². The topological polar surface area (TPSA) is 157 Å². The quantitative estimate of drug-likeness (QED) is 0.353. The lowest BCUT2D eigenvalue weighted by Gasteiger charge is -2.56. The van der Waals surface area contributed by atoms with Gasteiger partial charge in [0.05, 0.1) is 24.0 Å². The van der Waals surface area contributed by atoms with Crippen molar-refractivity contribution in [2.45, 2.75) is 37.3 Å². The molecule has 12 heteroatoms. The fraction of sp³-hybridized carbons (Fsp3) is 0.500. The Balaban J connectivity index is 1.60. The number of fused-ring (bicyclic) bond motifs is 3. The zero-order valence-corrected chi connectivity index (χ0v) is 17.5. The summed E-state index contributed by atoms with van der Waals surface area (Å²) < 4.78 is 17.9. The largest absolute Gasteiger partial charge is 0.477 e. The number of ketones is 1. The lowest BCUT2D eigenvalue weighted by Crippen LogP contribution is -2.78. The van der Waals surface area contributed by atoms with Gasteiger partial charge in [0.15, 0.2) is 10.9 Å². The van der Waals surface area contributed by atoms with Gasteiger partial charge in [-0.3, -0.25) is 23.5 Å². The molecule has 160 valence electrons. The molecule has 3 N–H and O–H groups in total. The number of nitrogen functional groups attached to an aromatic ring is 1. The minimum atomic E-state index is -2.14. The predicted molar refractivity (Wildman–Crippen MR) is 106 cm³/mol. The number of aromatic nitrogens is 1. The highest BCUT2D eigenvalue weighted by Gasteiger charge is 2.72. The van der Waals surface area contributed by atoms with Crippen LogP contribution in [-0.4, -0.2) is 59.7 Å². The fourth-order valence-electron chi connectivity index (χ4n) is 4.33. The van der Waals surface area contributed by atoms with Crippen LogP contribution in [0.3, 0.4) is 0 Å². The van der Waals surface area contributed by atoms with Crippen LogP contribution in [0, 0.1) is 11.8 Å². The minimum absolute atomic E-state index is 0.0859. The molecule has 5 atom stereocenters. The molecule has 10 nitrogen and oxygen atoms in total. The molecule has 4 rings (SSSR count). The van der Waals surface area contributed by atoms with Crippen LogP contribution in [0.25, 0.3) is 5.57 Å². The fourth-order valence-corrected chi connectivity index (χ4v) is 6.90. The second-order valence-corrected chi connectivity index (χ2v) is 9.82. The Bertz CT molecular complexity index is 1020. The van der Waals surface area contributed by atoms with E-state index in [-0.39, 0.29) is 24.4 Å². The number of carboxylic acids is 1. The van der Waals surface area contributed by atoms with E-state index >= 15 is 0 Å². The summed E-state index contributed by atoms with van der Waals surface area (Å²) in [5, 5.41) is 10.7. The molecule has 0 unspecified atom stereocenters. The third-order valence-corrected chi connectivity index (χ3v) is 8.08. The Labute approximate surface area is 177 Å². The van der Waals surface area contributed by atoms with Gasteiger partial charge in [0.25, 0.3) is 5.72 Å². The molecule has 0 saturated carbocycles. The molecule has 1 aromatic heterocycles. The Morgan fingerprint density at radius 1 is 1.50 bits per heavy atom. The van der Waals surface area contributed by atoms with Gasteiger partial charge >= 0.3 is 11.9 Å². The summed E-state index contributed by atoms with van der Waals surface area (Å²) in [7, 11) is -1.62. The van der Waals surface area contributed by atoms with Gasteiger partial charge in [0.1, 0.15) is 5.37 Å². The molecular weight excluding hydrogens is 434 g/mol. The molecule has 30 heavy (non-hydrogen) atoms. The molecule has 3 saturated heterocycles. The molecule has 0 spiro atoms. The van der Waals surface area contributed by atoms with E-state index in [0.717, 1.165) is 4.90 Å². The molecule has 0 radical (unpaired) electrons. The Morgan fingerprint density at radius 2 is 2.23 bits per heavy atom. The molecule has 1 aromatic rings. The van der Waals surface area contributed by atoms with Gasteiger partial charge in [-0.1, -0.05) is 13.0 Å². The molecular formula is C18H19N3O7S2. The average Bonchev–Trinajstić information content (AvgIpc) is 3.25. The molecule has 3 aliphatic rings. The van der Waals surface area contributed by atoms with Crippen LogP contribution >= 0.6 is 11.3 Å². The molecule has 0 aliphatic carbocycles. The number of rotatable bonds is 6. The van der Waals surface area contributed by atoms with E-state index in [0.29, 0.717) is 22.8 Å². The Hall–Kier alpha value is -2.60. The number of hydrogen-bond donors (Lipinski definition) is 2. The third kappa shape index (κ3) is 2.88. The lowest BCUT2D eigenvalue weighted by atomic mass is 9.83. The number of carbonyl (C=O) groups excluding carboxylic acids is 3. The number of aliphatic carboxylic acids is 1. The maximum absolute atomic E-state index is 13.0. The Morgan fingerprint density at radius 3 is 2.83 bits per heavy atom. The molecule has 3 fully saturated rings. The van der Waals surface area contributed by atoms with E-state index in [1.54, 1.807) is 11.5 Å². The average molecular weight is 453 g/mol. The first-order chi connectivity index (χ1) is 14.2. The van der Waals surface area contributed by atoms with Gasteiger partial charge in [-0.15, -0.1) is 11.3 Å². The number of thiazole rings is 1. The summed E-state index contributed by atoms with van der Waals surface area (Å²) in [5.41, 5.74) is 4.24. The van der Waals surface area contributed by atoms with Crippen LogP contribution in [0.5, 0.6) is 0 Å². The molecule has 0 bridgehead atoms. The van der Waals surface area contributed by atoms with Crippen LogP contribution in [0.4, 0.5) is 5.13 Å². The number of hydrogen-bond acceptors (Lipinski definition) is 9. The second kappa shape index (κ2) is 7.27. The van der Waals surface area contributed by atoms with Crippen molar-refractivity contribution in [1.82, 2.24) is 9.88 Å². The van der Waals surface area contributed by atoms with E-state index in [1.807, 2.05) is 6.92 Å². The van der Waals surface area contributed by atoms with Gasteiger partial charge in [0.2, 0.25) is 5.91 Å². The van der Waals surface area contributed by atoms with Crippen molar-refractivity contribution >= 4 is 56.5 Å². The summed E-state index contributed by atoms with van der Waals surface area (Å²) >= 11 is 1.18. The SMILES string of the molecule is CCC=C(C(=O)C[C@@H]1C(=O)N2[C@@H]1[S@@](=O)C[C@@H]1CC(=O)O[C@@]12C(=O)O)c1csc(N)n1. The number of nitrogens with zero attached hydrogens (tertiary/aromatic N) is 2. The van der Waals surface area contributed by atoms with E-state index in [4.69, 9.17) is 10.5 Å². The smallest absolute Gasteiger partial charge is 0.370 e. The number of Topliss-reactive ketones (excluding diaryl/α,β-unsaturated/α-hetero) is 1. The van der Waals surface area contributed by atoms with E-state index in [1.165, 1.54) is 11.3 Å². The van der Waals surface area contributed by atoms with Gasteiger partial charge in [0, 0.05) is 33.9 Å². The first-order valence-electron chi connectivity index (χ1n) is 9.31. The first kappa shape index (κ1) is 20.7. The number of carboxylic acid groups (broad SMARTS) is 1. The number of amides is 1. The number of nitrogens with two attached hydrogens (primary N) is 1. The van der Waals surface area contributed by atoms with Crippen molar-refractivity contribution in [2.24, 2.45) is 11.8 Å². The summed E-state index contributed by atoms with van der Waals surface area (Å²) in [5.74, 6) is -5.16. The molecule has 1 amide bonds. The second-order valence-electron chi connectivity index (χ2n) is 7.35. The number of anilines is 1. The zero-order valence-electron chi connectivity index (χ0n) is 15.9. The maximum atomic E-state index is 13.0. The molecule has 3 aliphatic heterocycles. The van der Waals surface area contributed by atoms with Crippen LogP contribution in [0.2, 0.25) is 0 Å². The highest BCUT2D eigenvalue weighted by atomic mass is 32.2. The zero-order chi connectivity index (χ0) is 21.8. The van der Waals surface area contributed by atoms with Crippen LogP contribution in [0.15, 0.2) is 11.5 Å². The normalized spacial score (nSPS) is 32.8. The van der Waals surface area contributed by atoms with Crippen molar-refractivity contribution in [1.29, 1.82) is 0 Å². The van der Waals surface area contributed by atoms with E-state index < -0.39 is 51.6 Å². The highest BCUT2D eigenvalue weighted by Crippen LogP contribution is 2.50. The van der Waals surface area contributed by atoms with Gasteiger partial charge in [-0.05, 0) is 6.42 Å². The maximum Gasteiger partial charge on any atom is 0.370 e. The van der Waals surface area contributed by atoms with E-state index in [9.17, 15) is 28.5 Å². The van der Waals surface area contributed by atoms with Gasteiger partial charge in [-0.2, -0.15) is 0 Å². The van der Waals surface area contributed by atoms with Crippen molar-refractivity contribution < 1.29 is 33.2 Å². The predicted octanol–water partition coefficient (Wildman–Crippen LogP) is 0.369.